The number of nitrogens with zero attached hydrogens (tertiary/aromatic N) is 1. The van der Waals surface area contributed by atoms with Crippen LogP contribution in [0.5, 0.6) is 0 Å². The van der Waals surface area contributed by atoms with Crippen LogP contribution in [0.2, 0.25) is 0 Å². The van der Waals surface area contributed by atoms with Crippen molar-refractivity contribution in [3.63, 3.8) is 0 Å². The van der Waals surface area contributed by atoms with E-state index in [9.17, 15) is 9.59 Å². The van der Waals surface area contributed by atoms with E-state index < -0.39 is 0 Å². The zero-order valence-electron chi connectivity index (χ0n) is 15.4. The third-order valence-electron chi connectivity index (χ3n) is 4.28. The lowest BCUT2D eigenvalue weighted by Gasteiger charge is -2.11. The van der Waals surface area contributed by atoms with Gasteiger partial charge in [-0.05, 0) is 62.7 Å². The maximum absolute atomic E-state index is 12.5. The number of halogens is 1. The molecular weight excluding hydrogens is 406 g/mol. The van der Waals surface area contributed by atoms with Crippen molar-refractivity contribution in [2.24, 2.45) is 0 Å². The average Bonchev–Trinajstić information content (AvgIpc) is 2.62. The minimum absolute atomic E-state index is 0.111. The molecule has 2 aromatic carbocycles. The van der Waals surface area contributed by atoms with Crippen LogP contribution in [0.3, 0.4) is 0 Å². The van der Waals surface area contributed by atoms with Gasteiger partial charge in [-0.15, -0.1) is 0 Å². The van der Waals surface area contributed by atoms with Crippen molar-refractivity contribution in [2.45, 2.75) is 20.8 Å². The summed E-state index contributed by atoms with van der Waals surface area (Å²) in [6.07, 6.45) is 0. The van der Waals surface area contributed by atoms with E-state index in [2.05, 4.69) is 31.5 Å². The van der Waals surface area contributed by atoms with Gasteiger partial charge in [0.2, 0.25) is 5.91 Å². The predicted octanol–water partition coefficient (Wildman–Crippen LogP) is 4.29. The summed E-state index contributed by atoms with van der Waals surface area (Å²) in [6, 6.07) is 13.3. The lowest BCUT2D eigenvalue weighted by Crippen LogP contribution is -2.33. The molecule has 0 radical (unpaired) electrons. The van der Waals surface area contributed by atoms with Gasteiger partial charge in [0.25, 0.3) is 5.91 Å². The van der Waals surface area contributed by atoms with Crippen LogP contribution in [-0.2, 0) is 4.79 Å². The number of carbonyl (C=O) groups excluding carboxylic acids is 2. The first-order valence-corrected chi connectivity index (χ1v) is 9.35. The quantitative estimate of drug-likeness (QED) is 0.654. The molecule has 0 saturated carbocycles. The minimum atomic E-state index is -0.314. The standard InChI is InChI=1S/C21H20BrN3O2/c1-12-4-6-19-15(8-12)10-17(14(3)24-19)21(27)23-11-20(26)25-18-7-5-16(22)9-13(18)2/h4-10H,11H2,1-3H3,(H,23,27)(H,25,26). The smallest absolute Gasteiger partial charge is 0.253 e. The Kier molecular flexibility index (Phi) is 5.56. The Hall–Kier alpha value is -2.73. The Morgan fingerprint density at radius 1 is 1.04 bits per heavy atom. The molecular formula is C21H20BrN3O2. The highest BCUT2D eigenvalue weighted by molar-refractivity contribution is 9.10. The van der Waals surface area contributed by atoms with Crippen molar-refractivity contribution in [3.8, 4) is 0 Å². The first kappa shape index (κ1) is 19.0. The van der Waals surface area contributed by atoms with Crippen LogP contribution in [0, 0.1) is 20.8 Å². The molecule has 3 rings (SSSR count). The minimum Gasteiger partial charge on any atom is -0.343 e. The molecule has 1 aromatic heterocycles. The van der Waals surface area contributed by atoms with Crippen LogP contribution in [0.1, 0.15) is 27.2 Å². The summed E-state index contributed by atoms with van der Waals surface area (Å²) in [7, 11) is 0. The Labute approximate surface area is 166 Å². The summed E-state index contributed by atoms with van der Waals surface area (Å²) in [5, 5.41) is 6.38. The summed E-state index contributed by atoms with van der Waals surface area (Å²) < 4.78 is 0.945. The van der Waals surface area contributed by atoms with Crippen molar-refractivity contribution in [1.29, 1.82) is 0 Å². The number of benzene rings is 2. The molecule has 27 heavy (non-hydrogen) atoms. The third kappa shape index (κ3) is 4.52. The lowest BCUT2D eigenvalue weighted by molar-refractivity contribution is -0.115. The molecule has 0 bridgehead atoms. The number of aryl methyl sites for hydroxylation is 3. The molecule has 0 aliphatic rings. The first-order chi connectivity index (χ1) is 12.8. The van der Waals surface area contributed by atoms with Crippen molar-refractivity contribution in [2.75, 3.05) is 11.9 Å². The number of pyridine rings is 1. The maximum atomic E-state index is 12.5. The van der Waals surface area contributed by atoms with Crippen molar-refractivity contribution >= 4 is 44.3 Å². The fraction of sp³-hybridized carbons (Fsp3) is 0.190. The van der Waals surface area contributed by atoms with Gasteiger partial charge in [-0.2, -0.15) is 0 Å². The molecule has 0 atom stereocenters. The average molecular weight is 426 g/mol. The van der Waals surface area contributed by atoms with Crippen LogP contribution in [-0.4, -0.2) is 23.3 Å². The maximum Gasteiger partial charge on any atom is 0.253 e. The van der Waals surface area contributed by atoms with Crippen molar-refractivity contribution < 1.29 is 9.59 Å². The summed E-state index contributed by atoms with van der Waals surface area (Å²) in [5.41, 5.74) is 4.71. The number of carbonyl (C=O) groups is 2. The Morgan fingerprint density at radius 3 is 2.56 bits per heavy atom. The van der Waals surface area contributed by atoms with E-state index in [0.717, 1.165) is 32.2 Å². The molecule has 0 unspecified atom stereocenters. The monoisotopic (exact) mass is 425 g/mol. The van der Waals surface area contributed by atoms with Crippen LogP contribution in [0.25, 0.3) is 10.9 Å². The van der Waals surface area contributed by atoms with Gasteiger partial charge in [0, 0.05) is 15.5 Å². The zero-order chi connectivity index (χ0) is 19.6. The number of rotatable bonds is 4. The predicted molar refractivity (Wildman–Crippen MR) is 111 cm³/mol. The van der Waals surface area contributed by atoms with Crippen LogP contribution < -0.4 is 10.6 Å². The number of anilines is 1. The van der Waals surface area contributed by atoms with Crippen LogP contribution in [0.4, 0.5) is 5.69 Å². The van der Waals surface area contributed by atoms with E-state index in [1.54, 1.807) is 6.92 Å². The molecule has 2 amide bonds. The largest absolute Gasteiger partial charge is 0.343 e. The number of nitrogens with one attached hydrogen (secondary N) is 2. The Morgan fingerprint density at radius 2 is 1.81 bits per heavy atom. The number of aromatic nitrogens is 1. The zero-order valence-corrected chi connectivity index (χ0v) is 17.0. The van der Waals surface area contributed by atoms with Gasteiger partial charge in [0.15, 0.2) is 0 Å². The second kappa shape index (κ2) is 7.88. The van der Waals surface area contributed by atoms with Crippen molar-refractivity contribution in [3.05, 3.63) is 69.3 Å². The van der Waals surface area contributed by atoms with E-state index in [1.165, 1.54) is 0 Å². The number of hydrogen-bond donors (Lipinski definition) is 2. The van der Waals surface area contributed by atoms with Gasteiger partial charge < -0.3 is 10.6 Å². The molecule has 3 aromatic rings. The molecule has 0 saturated heterocycles. The fourth-order valence-corrected chi connectivity index (χ4v) is 3.32. The molecule has 1 heterocycles. The molecule has 6 heteroatoms. The van der Waals surface area contributed by atoms with Gasteiger partial charge in [-0.3, -0.25) is 14.6 Å². The molecule has 5 nitrogen and oxygen atoms in total. The van der Waals surface area contributed by atoms with Gasteiger partial charge in [-0.1, -0.05) is 27.6 Å². The SMILES string of the molecule is Cc1ccc2nc(C)c(C(=O)NCC(=O)Nc3ccc(Br)cc3C)cc2c1. The second-order valence-electron chi connectivity index (χ2n) is 6.51. The van der Waals surface area contributed by atoms with Gasteiger partial charge in [0.1, 0.15) is 0 Å². The van der Waals surface area contributed by atoms with E-state index in [-0.39, 0.29) is 18.4 Å². The third-order valence-corrected chi connectivity index (χ3v) is 4.77. The molecule has 0 fully saturated rings. The second-order valence-corrected chi connectivity index (χ2v) is 7.42. The summed E-state index contributed by atoms with van der Waals surface area (Å²) in [5.74, 6) is -0.595. The van der Waals surface area contributed by atoms with Crippen LogP contribution >= 0.6 is 15.9 Å². The van der Waals surface area contributed by atoms with E-state index in [0.29, 0.717) is 11.3 Å². The molecule has 2 N–H and O–H groups in total. The van der Waals surface area contributed by atoms with E-state index in [4.69, 9.17) is 0 Å². The topological polar surface area (TPSA) is 71.1 Å². The first-order valence-electron chi connectivity index (χ1n) is 8.55. The number of fused-ring (bicyclic) bond motifs is 1. The highest BCUT2D eigenvalue weighted by Crippen LogP contribution is 2.20. The lowest BCUT2D eigenvalue weighted by atomic mass is 10.1. The van der Waals surface area contributed by atoms with Gasteiger partial charge in [0.05, 0.1) is 23.3 Å². The van der Waals surface area contributed by atoms with E-state index in [1.807, 2.05) is 56.3 Å². The number of amides is 2. The van der Waals surface area contributed by atoms with Gasteiger partial charge in [-0.25, -0.2) is 0 Å². The summed E-state index contributed by atoms with van der Waals surface area (Å²) >= 11 is 3.39. The molecule has 0 spiro atoms. The number of hydrogen-bond acceptors (Lipinski definition) is 3. The summed E-state index contributed by atoms with van der Waals surface area (Å²) in [6.45, 7) is 5.58. The summed E-state index contributed by atoms with van der Waals surface area (Å²) in [4.78, 5) is 29.2. The van der Waals surface area contributed by atoms with Gasteiger partial charge >= 0.3 is 0 Å². The normalized spacial score (nSPS) is 10.7. The highest BCUT2D eigenvalue weighted by atomic mass is 79.9. The van der Waals surface area contributed by atoms with Crippen molar-refractivity contribution in [1.82, 2.24) is 10.3 Å². The van der Waals surface area contributed by atoms with E-state index >= 15 is 0 Å². The highest BCUT2D eigenvalue weighted by Gasteiger charge is 2.13. The Bertz CT molecular complexity index is 1050. The molecule has 138 valence electrons. The molecule has 0 aliphatic heterocycles. The molecule has 0 aliphatic carbocycles. The fourth-order valence-electron chi connectivity index (χ4n) is 2.84. The van der Waals surface area contributed by atoms with Crippen LogP contribution in [0.15, 0.2) is 46.9 Å². The Balaban J connectivity index is 1.69.